The van der Waals surface area contributed by atoms with Gasteiger partial charge in [0.05, 0.1) is 11.6 Å². The smallest absolute Gasteiger partial charge is 0.265 e. The first-order valence-corrected chi connectivity index (χ1v) is 7.54. The fraction of sp³-hybridized carbons (Fsp3) is 0.333. The summed E-state index contributed by atoms with van der Waals surface area (Å²) in [6, 6.07) is 7.92. The molecule has 2 heterocycles. The van der Waals surface area contributed by atoms with Gasteiger partial charge in [-0.25, -0.2) is 4.98 Å². The van der Waals surface area contributed by atoms with E-state index in [2.05, 4.69) is 20.9 Å². The Hall–Kier alpha value is -1.62. The van der Waals surface area contributed by atoms with Crippen molar-refractivity contribution in [2.75, 3.05) is 6.61 Å². The van der Waals surface area contributed by atoms with Crippen molar-refractivity contribution in [2.24, 2.45) is 0 Å². The molecule has 1 aliphatic heterocycles. The Balaban J connectivity index is 1.82. The molecule has 1 saturated carbocycles. The molecular weight excluding hydrogens is 320 g/mol. The Kier molecular flexibility index (Phi) is 2.70. The number of H-pyrrole nitrogens is 1. The van der Waals surface area contributed by atoms with Crippen molar-refractivity contribution in [3.63, 3.8) is 0 Å². The zero-order valence-corrected chi connectivity index (χ0v) is 12.3. The van der Waals surface area contributed by atoms with Gasteiger partial charge in [0.1, 0.15) is 22.7 Å². The lowest BCUT2D eigenvalue weighted by Gasteiger charge is -2.10. The van der Waals surface area contributed by atoms with Crippen LogP contribution < -0.4 is 10.3 Å². The molecular formula is C15H13BrN2O2. The summed E-state index contributed by atoms with van der Waals surface area (Å²) in [6.07, 6.45) is 2.23. The van der Waals surface area contributed by atoms with Crippen LogP contribution in [0.5, 0.6) is 5.75 Å². The van der Waals surface area contributed by atoms with Crippen molar-refractivity contribution < 1.29 is 4.74 Å². The van der Waals surface area contributed by atoms with Gasteiger partial charge in [-0.15, -0.1) is 0 Å². The van der Waals surface area contributed by atoms with Gasteiger partial charge in [-0.3, -0.25) is 4.79 Å². The molecule has 1 aromatic carbocycles. The predicted octanol–water partition coefficient (Wildman–Crippen LogP) is 2.93. The Bertz CT molecular complexity index is 737. The predicted molar refractivity (Wildman–Crippen MR) is 78.3 cm³/mol. The summed E-state index contributed by atoms with van der Waals surface area (Å²) >= 11 is 3.36. The van der Waals surface area contributed by atoms with Gasteiger partial charge in [-0.1, -0.05) is 18.2 Å². The van der Waals surface area contributed by atoms with Crippen molar-refractivity contribution >= 4 is 15.9 Å². The van der Waals surface area contributed by atoms with E-state index in [9.17, 15) is 4.79 Å². The standard InChI is InChI=1S/C15H13BrN2O2/c16-12-13(8-5-6-8)17-14(18-15(12)19)10-7-20-11-4-2-1-3-9(10)11/h1-4,8,10H,5-7H2,(H,17,18,19). The maximum Gasteiger partial charge on any atom is 0.265 e. The SMILES string of the molecule is O=c1[nH]c(C2COc3ccccc32)nc(C2CC2)c1Br. The number of hydrogen-bond donors (Lipinski definition) is 1. The zero-order chi connectivity index (χ0) is 13.7. The van der Waals surface area contributed by atoms with E-state index < -0.39 is 0 Å². The van der Waals surface area contributed by atoms with Crippen LogP contribution >= 0.6 is 15.9 Å². The molecule has 0 spiro atoms. The number of aromatic nitrogens is 2. The molecule has 0 bridgehead atoms. The number of para-hydroxylation sites is 1. The molecule has 0 amide bonds. The van der Waals surface area contributed by atoms with Crippen LogP contribution in [0.3, 0.4) is 0 Å². The molecule has 0 saturated heterocycles. The van der Waals surface area contributed by atoms with E-state index >= 15 is 0 Å². The maximum atomic E-state index is 12.1. The third-order valence-electron chi connectivity index (χ3n) is 3.90. The zero-order valence-electron chi connectivity index (χ0n) is 10.7. The molecule has 4 nitrogen and oxygen atoms in total. The number of benzene rings is 1. The van der Waals surface area contributed by atoms with Crippen LogP contribution in [0.1, 0.15) is 41.8 Å². The normalized spacial score (nSPS) is 20.6. The van der Waals surface area contributed by atoms with E-state index in [0.29, 0.717) is 22.8 Å². The molecule has 1 aromatic heterocycles. The van der Waals surface area contributed by atoms with Gasteiger partial charge in [0.25, 0.3) is 5.56 Å². The van der Waals surface area contributed by atoms with E-state index in [0.717, 1.165) is 29.8 Å². The van der Waals surface area contributed by atoms with Gasteiger partial charge in [0.15, 0.2) is 0 Å². The van der Waals surface area contributed by atoms with Crippen LogP contribution in [-0.2, 0) is 0 Å². The molecule has 102 valence electrons. The Labute approximate surface area is 124 Å². The van der Waals surface area contributed by atoms with Crippen LogP contribution in [0.2, 0.25) is 0 Å². The van der Waals surface area contributed by atoms with Crippen molar-refractivity contribution in [2.45, 2.75) is 24.7 Å². The van der Waals surface area contributed by atoms with Crippen molar-refractivity contribution in [1.29, 1.82) is 0 Å². The minimum atomic E-state index is -0.0960. The number of nitrogens with one attached hydrogen (secondary N) is 1. The fourth-order valence-corrected chi connectivity index (χ4v) is 3.19. The summed E-state index contributed by atoms with van der Waals surface area (Å²) in [5, 5.41) is 0. The summed E-state index contributed by atoms with van der Waals surface area (Å²) in [6.45, 7) is 0.536. The van der Waals surface area contributed by atoms with Crippen LogP contribution in [0, 0.1) is 0 Å². The van der Waals surface area contributed by atoms with Crippen LogP contribution in [0.15, 0.2) is 33.5 Å². The molecule has 1 fully saturated rings. The fourth-order valence-electron chi connectivity index (χ4n) is 2.68. The summed E-state index contributed by atoms with van der Waals surface area (Å²) in [7, 11) is 0. The molecule has 20 heavy (non-hydrogen) atoms. The van der Waals surface area contributed by atoms with Gasteiger partial charge in [-0.05, 0) is 34.8 Å². The highest BCUT2D eigenvalue weighted by atomic mass is 79.9. The van der Waals surface area contributed by atoms with Crippen molar-refractivity contribution in [3.8, 4) is 5.75 Å². The molecule has 1 unspecified atom stereocenters. The summed E-state index contributed by atoms with van der Waals surface area (Å²) in [5.41, 5.74) is 1.90. The van der Waals surface area contributed by atoms with Gasteiger partial charge in [0, 0.05) is 11.5 Å². The number of aromatic amines is 1. The van der Waals surface area contributed by atoms with E-state index in [1.807, 2.05) is 24.3 Å². The summed E-state index contributed by atoms with van der Waals surface area (Å²) in [5.74, 6) is 2.05. The monoisotopic (exact) mass is 332 g/mol. The number of ether oxygens (including phenoxy) is 1. The van der Waals surface area contributed by atoms with E-state index in [1.54, 1.807) is 0 Å². The van der Waals surface area contributed by atoms with Crippen molar-refractivity contribution in [1.82, 2.24) is 9.97 Å². The Morgan fingerprint density at radius 2 is 2.10 bits per heavy atom. The molecule has 1 atom stereocenters. The molecule has 1 N–H and O–H groups in total. The molecule has 2 aliphatic rings. The van der Waals surface area contributed by atoms with Crippen molar-refractivity contribution in [3.05, 3.63) is 56.2 Å². The third-order valence-corrected chi connectivity index (χ3v) is 4.67. The third kappa shape index (κ3) is 1.88. The van der Waals surface area contributed by atoms with Crippen LogP contribution in [-0.4, -0.2) is 16.6 Å². The quantitative estimate of drug-likeness (QED) is 0.919. The molecule has 5 heteroatoms. The first-order valence-electron chi connectivity index (χ1n) is 6.75. The number of halogens is 1. The Morgan fingerprint density at radius 1 is 1.30 bits per heavy atom. The Morgan fingerprint density at radius 3 is 2.90 bits per heavy atom. The van der Waals surface area contributed by atoms with Gasteiger partial charge in [0.2, 0.25) is 0 Å². The maximum absolute atomic E-state index is 12.1. The highest BCUT2D eigenvalue weighted by Crippen LogP contribution is 2.42. The lowest BCUT2D eigenvalue weighted by atomic mass is 10.0. The minimum Gasteiger partial charge on any atom is -0.492 e. The van der Waals surface area contributed by atoms with Gasteiger partial charge < -0.3 is 9.72 Å². The highest BCUT2D eigenvalue weighted by Gasteiger charge is 2.32. The second kappa shape index (κ2) is 4.45. The summed E-state index contributed by atoms with van der Waals surface area (Å²) in [4.78, 5) is 19.7. The second-order valence-electron chi connectivity index (χ2n) is 5.33. The lowest BCUT2D eigenvalue weighted by Crippen LogP contribution is -2.19. The number of rotatable bonds is 2. The first-order chi connectivity index (χ1) is 9.74. The van der Waals surface area contributed by atoms with Gasteiger partial charge >= 0.3 is 0 Å². The minimum absolute atomic E-state index is 0.0181. The molecule has 1 aliphatic carbocycles. The largest absolute Gasteiger partial charge is 0.492 e. The number of hydrogen-bond acceptors (Lipinski definition) is 3. The second-order valence-corrected chi connectivity index (χ2v) is 6.12. The van der Waals surface area contributed by atoms with Crippen LogP contribution in [0.25, 0.3) is 0 Å². The van der Waals surface area contributed by atoms with E-state index in [1.165, 1.54) is 0 Å². The summed E-state index contributed by atoms with van der Waals surface area (Å²) < 4.78 is 6.26. The average molecular weight is 333 g/mol. The number of nitrogens with zero attached hydrogens (tertiary/aromatic N) is 1. The first kappa shape index (κ1) is 12.1. The van der Waals surface area contributed by atoms with Gasteiger partial charge in [-0.2, -0.15) is 0 Å². The lowest BCUT2D eigenvalue weighted by molar-refractivity contribution is 0.339. The molecule has 4 rings (SSSR count). The van der Waals surface area contributed by atoms with E-state index in [-0.39, 0.29) is 11.5 Å². The topological polar surface area (TPSA) is 55.0 Å². The highest BCUT2D eigenvalue weighted by molar-refractivity contribution is 9.10. The number of fused-ring (bicyclic) bond motifs is 1. The van der Waals surface area contributed by atoms with Crippen LogP contribution in [0.4, 0.5) is 0 Å². The molecule has 0 radical (unpaired) electrons. The van der Waals surface area contributed by atoms with E-state index in [4.69, 9.17) is 9.72 Å². The average Bonchev–Trinajstić information content (AvgIpc) is 3.21. The molecule has 2 aromatic rings.